The number of hydrogen-bond donors (Lipinski definition) is 2. The van der Waals surface area contributed by atoms with Crippen LogP contribution in [0.4, 0.5) is 0 Å². The number of aliphatic imine (C=N–C) groups is 1. The lowest BCUT2D eigenvalue weighted by molar-refractivity contribution is 0.686. The van der Waals surface area contributed by atoms with Gasteiger partial charge in [0.2, 0.25) is 0 Å². The summed E-state index contributed by atoms with van der Waals surface area (Å²) in [6, 6.07) is 6.00. The van der Waals surface area contributed by atoms with Crippen LogP contribution in [0.2, 0.25) is 10.0 Å². The van der Waals surface area contributed by atoms with Crippen LogP contribution in [0.15, 0.2) is 23.2 Å². The number of benzene rings is 1. The maximum absolute atomic E-state index is 6.18. The number of guanidine groups is 1. The van der Waals surface area contributed by atoms with Crippen molar-refractivity contribution in [3.8, 4) is 0 Å². The van der Waals surface area contributed by atoms with Gasteiger partial charge in [-0.05, 0) is 24.6 Å². The molecule has 0 fully saturated rings. The molecule has 0 radical (unpaired) electrons. The summed E-state index contributed by atoms with van der Waals surface area (Å²) in [7, 11) is 0. The molecule has 2 atom stereocenters. The zero-order chi connectivity index (χ0) is 13.1. The summed E-state index contributed by atoms with van der Waals surface area (Å²) in [5.41, 5.74) is 0.986. The Kier molecular flexibility index (Phi) is 4.36. The Balaban J connectivity index is 1.98. The van der Waals surface area contributed by atoms with Gasteiger partial charge in [0, 0.05) is 28.5 Å². The summed E-state index contributed by atoms with van der Waals surface area (Å²) in [6.45, 7) is 5.77. The predicted molar refractivity (Wildman–Crippen MR) is 77.8 cm³/mol. The van der Waals surface area contributed by atoms with Gasteiger partial charge in [-0.15, -0.1) is 0 Å². The van der Waals surface area contributed by atoms with Crippen LogP contribution in [0.3, 0.4) is 0 Å². The van der Waals surface area contributed by atoms with E-state index >= 15 is 0 Å². The Labute approximate surface area is 118 Å². The molecule has 0 aromatic heterocycles. The van der Waals surface area contributed by atoms with E-state index in [1.54, 1.807) is 0 Å². The summed E-state index contributed by atoms with van der Waals surface area (Å²) in [6.07, 6.45) is 0. The minimum Gasteiger partial charge on any atom is -0.356 e. The van der Waals surface area contributed by atoms with Crippen molar-refractivity contribution < 1.29 is 0 Å². The second-order valence-corrected chi connectivity index (χ2v) is 5.47. The second kappa shape index (κ2) is 5.81. The number of hydrogen-bond acceptors (Lipinski definition) is 3. The molecule has 0 saturated heterocycles. The average Bonchev–Trinajstić information content (AvgIpc) is 2.72. The van der Waals surface area contributed by atoms with Crippen molar-refractivity contribution in [2.75, 3.05) is 13.1 Å². The first-order valence-corrected chi connectivity index (χ1v) is 6.82. The quantitative estimate of drug-likeness (QED) is 0.896. The van der Waals surface area contributed by atoms with Crippen molar-refractivity contribution in [1.29, 1.82) is 0 Å². The summed E-state index contributed by atoms with van der Waals surface area (Å²) in [4.78, 5) is 4.36. The van der Waals surface area contributed by atoms with Crippen molar-refractivity contribution in [1.82, 2.24) is 10.6 Å². The zero-order valence-electron chi connectivity index (χ0n) is 10.5. The van der Waals surface area contributed by atoms with Gasteiger partial charge in [-0.2, -0.15) is 0 Å². The Morgan fingerprint density at radius 3 is 2.67 bits per heavy atom. The first-order chi connectivity index (χ1) is 8.58. The number of nitrogens with zero attached hydrogens (tertiary/aromatic N) is 1. The minimum atomic E-state index is 0.228. The van der Waals surface area contributed by atoms with E-state index in [-0.39, 0.29) is 5.92 Å². The first kappa shape index (κ1) is 13.5. The monoisotopic (exact) mass is 285 g/mol. The molecule has 2 unspecified atom stereocenters. The molecule has 5 heteroatoms. The van der Waals surface area contributed by atoms with E-state index in [4.69, 9.17) is 23.2 Å². The molecular weight excluding hydrogens is 269 g/mol. The van der Waals surface area contributed by atoms with E-state index in [1.165, 1.54) is 0 Å². The van der Waals surface area contributed by atoms with Crippen molar-refractivity contribution in [3.05, 3.63) is 33.8 Å². The lowest BCUT2D eigenvalue weighted by atomic mass is 10.0. The maximum atomic E-state index is 6.18. The van der Waals surface area contributed by atoms with Crippen LogP contribution in [0.25, 0.3) is 0 Å². The number of rotatable bonds is 3. The van der Waals surface area contributed by atoms with E-state index < -0.39 is 0 Å². The smallest absolute Gasteiger partial charge is 0.191 e. The topological polar surface area (TPSA) is 36.4 Å². The zero-order valence-corrected chi connectivity index (χ0v) is 12.0. The molecule has 18 heavy (non-hydrogen) atoms. The Morgan fingerprint density at radius 1 is 1.44 bits per heavy atom. The summed E-state index contributed by atoms with van der Waals surface area (Å²) < 4.78 is 0. The molecular formula is C13H17Cl2N3. The van der Waals surface area contributed by atoms with E-state index in [9.17, 15) is 0 Å². The molecule has 1 aromatic rings. The Bertz CT molecular complexity index is 439. The summed E-state index contributed by atoms with van der Waals surface area (Å²) in [5, 5.41) is 7.98. The molecule has 0 aliphatic carbocycles. The van der Waals surface area contributed by atoms with Gasteiger partial charge in [0.15, 0.2) is 5.96 Å². The fourth-order valence-electron chi connectivity index (χ4n) is 1.99. The van der Waals surface area contributed by atoms with E-state index in [0.29, 0.717) is 16.1 Å². The number of halogens is 2. The SMILES string of the molecule is CC1CN=C(NCC(C)c2c(Cl)cccc2Cl)N1. The van der Waals surface area contributed by atoms with Gasteiger partial charge in [-0.25, -0.2) is 0 Å². The lowest BCUT2D eigenvalue weighted by Crippen LogP contribution is -2.39. The van der Waals surface area contributed by atoms with E-state index in [1.807, 2.05) is 18.2 Å². The van der Waals surface area contributed by atoms with Crippen LogP contribution in [-0.4, -0.2) is 25.1 Å². The molecule has 0 amide bonds. The van der Waals surface area contributed by atoms with Gasteiger partial charge in [0.25, 0.3) is 0 Å². The summed E-state index contributed by atoms with van der Waals surface area (Å²) >= 11 is 12.4. The molecule has 1 aliphatic rings. The van der Waals surface area contributed by atoms with Gasteiger partial charge in [0.05, 0.1) is 6.54 Å². The Hall–Kier alpha value is -0.930. The van der Waals surface area contributed by atoms with Crippen LogP contribution >= 0.6 is 23.2 Å². The summed E-state index contributed by atoms with van der Waals surface area (Å²) in [5.74, 6) is 1.09. The average molecular weight is 286 g/mol. The highest BCUT2D eigenvalue weighted by Crippen LogP contribution is 2.30. The second-order valence-electron chi connectivity index (χ2n) is 4.65. The van der Waals surface area contributed by atoms with E-state index in [0.717, 1.165) is 24.6 Å². The first-order valence-electron chi connectivity index (χ1n) is 6.06. The van der Waals surface area contributed by atoms with Crippen LogP contribution < -0.4 is 10.6 Å². The van der Waals surface area contributed by atoms with Crippen molar-refractivity contribution in [2.45, 2.75) is 25.8 Å². The predicted octanol–water partition coefficient (Wildman–Crippen LogP) is 3.03. The highest BCUT2D eigenvalue weighted by atomic mass is 35.5. The highest BCUT2D eigenvalue weighted by molar-refractivity contribution is 6.36. The normalized spacial score (nSPS) is 20.2. The van der Waals surface area contributed by atoms with Crippen LogP contribution in [0.1, 0.15) is 25.3 Å². The fourth-order valence-corrected chi connectivity index (χ4v) is 2.76. The van der Waals surface area contributed by atoms with Crippen molar-refractivity contribution in [3.63, 3.8) is 0 Å². The minimum absolute atomic E-state index is 0.228. The molecule has 0 bridgehead atoms. The van der Waals surface area contributed by atoms with Gasteiger partial charge in [0.1, 0.15) is 0 Å². The molecule has 1 aromatic carbocycles. The van der Waals surface area contributed by atoms with Crippen molar-refractivity contribution >= 4 is 29.2 Å². The van der Waals surface area contributed by atoms with Gasteiger partial charge in [-0.1, -0.05) is 36.2 Å². The number of nitrogens with one attached hydrogen (secondary N) is 2. The lowest BCUT2D eigenvalue weighted by Gasteiger charge is -2.17. The van der Waals surface area contributed by atoms with Gasteiger partial charge in [-0.3, -0.25) is 4.99 Å². The molecule has 98 valence electrons. The van der Waals surface area contributed by atoms with Gasteiger partial charge >= 0.3 is 0 Å². The molecule has 3 nitrogen and oxygen atoms in total. The maximum Gasteiger partial charge on any atom is 0.191 e. The molecule has 0 saturated carbocycles. The standard InChI is InChI=1S/C13H17Cl2N3/c1-8(6-16-13-17-7-9(2)18-13)12-10(14)4-3-5-11(12)15/h3-5,8-9H,6-7H2,1-2H3,(H2,16,17,18). The fraction of sp³-hybridized carbons (Fsp3) is 0.462. The third kappa shape index (κ3) is 3.09. The van der Waals surface area contributed by atoms with Gasteiger partial charge < -0.3 is 10.6 Å². The largest absolute Gasteiger partial charge is 0.356 e. The van der Waals surface area contributed by atoms with Crippen LogP contribution in [-0.2, 0) is 0 Å². The molecule has 2 N–H and O–H groups in total. The molecule has 1 heterocycles. The van der Waals surface area contributed by atoms with Crippen molar-refractivity contribution in [2.24, 2.45) is 4.99 Å². The van der Waals surface area contributed by atoms with E-state index in [2.05, 4.69) is 29.5 Å². The molecule has 0 spiro atoms. The van der Waals surface area contributed by atoms with Crippen LogP contribution in [0, 0.1) is 0 Å². The Morgan fingerprint density at radius 2 is 2.11 bits per heavy atom. The van der Waals surface area contributed by atoms with Crippen LogP contribution in [0.5, 0.6) is 0 Å². The molecule has 2 rings (SSSR count). The molecule has 1 aliphatic heterocycles. The third-order valence-corrected chi connectivity index (χ3v) is 3.63. The third-order valence-electron chi connectivity index (χ3n) is 2.97. The highest BCUT2D eigenvalue weighted by Gasteiger charge is 2.16.